The van der Waals surface area contributed by atoms with Crippen molar-refractivity contribution in [2.75, 3.05) is 6.54 Å². The maximum atomic E-state index is 12.3. The number of likely N-dealkylation sites (tertiary alicyclic amines) is 1. The van der Waals surface area contributed by atoms with Crippen molar-refractivity contribution in [1.29, 1.82) is 0 Å². The summed E-state index contributed by atoms with van der Waals surface area (Å²) in [4.78, 5) is 18.7. The van der Waals surface area contributed by atoms with Gasteiger partial charge >= 0.3 is 0 Å². The molecule has 20 heavy (non-hydrogen) atoms. The van der Waals surface area contributed by atoms with Gasteiger partial charge in [0, 0.05) is 30.9 Å². The molecule has 3 rings (SSSR count). The lowest BCUT2D eigenvalue weighted by Crippen LogP contribution is -2.35. The van der Waals surface area contributed by atoms with Crippen LogP contribution in [0.3, 0.4) is 0 Å². The summed E-state index contributed by atoms with van der Waals surface area (Å²) in [5.41, 5.74) is 2.43. The van der Waals surface area contributed by atoms with Gasteiger partial charge in [-0.05, 0) is 69.1 Å². The lowest BCUT2D eigenvalue weighted by molar-refractivity contribution is -0.132. The van der Waals surface area contributed by atoms with Crippen LogP contribution in [-0.2, 0) is 11.2 Å². The minimum absolute atomic E-state index is 0.404. The fourth-order valence-electron chi connectivity index (χ4n) is 3.24. The topological polar surface area (TPSA) is 33.2 Å². The van der Waals surface area contributed by atoms with E-state index in [9.17, 15) is 4.79 Å². The quantitative estimate of drug-likeness (QED) is 0.825. The van der Waals surface area contributed by atoms with Crippen LogP contribution in [-0.4, -0.2) is 28.4 Å². The summed E-state index contributed by atoms with van der Waals surface area (Å²) in [5, 5.41) is 0. The van der Waals surface area contributed by atoms with Crippen LogP contribution in [0.4, 0.5) is 0 Å². The van der Waals surface area contributed by atoms with Crippen LogP contribution in [0.15, 0.2) is 18.3 Å². The van der Waals surface area contributed by atoms with Crippen molar-refractivity contribution >= 4 is 5.91 Å². The molecule has 1 atom stereocenters. The third kappa shape index (κ3) is 3.38. The third-order valence-electron chi connectivity index (χ3n) is 4.59. The van der Waals surface area contributed by atoms with Gasteiger partial charge in [0.15, 0.2) is 0 Å². The number of rotatable bonds is 5. The number of nitrogens with zero attached hydrogens (tertiary/aromatic N) is 2. The monoisotopic (exact) mass is 272 g/mol. The normalized spacial score (nSPS) is 22.2. The number of hydrogen-bond acceptors (Lipinski definition) is 2. The van der Waals surface area contributed by atoms with Crippen molar-refractivity contribution in [2.24, 2.45) is 5.92 Å². The van der Waals surface area contributed by atoms with Crippen molar-refractivity contribution in [3.05, 3.63) is 29.6 Å². The fraction of sp³-hybridized carbons (Fsp3) is 0.647. The first-order valence-corrected chi connectivity index (χ1v) is 7.93. The molecule has 2 heterocycles. The molecule has 1 aliphatic heterocycles. The molecule has 0 bridgehead atoms. The summed E-state index contributed by atoms with van der Waals surface area (Å²) in [6, 6.07) is 4.72. The number of aromatic nitrogens is 1. The molecule has 3 nitrogen and oxygen atoms in total. The zero-order valence-electron chi connectivity index (χ0n) is 12.3. The Hall–Kier alpha value is -1.38. The average molecular weight is 272 g/mol. The van der Waals surface area contributed by atoms with Crippen molar-refractivity contribution in [3.63, 3.8) is 0 Å². The Balaban J connectivity index is 1.54. The SMILES string of the molecule is Cc1cc(CC[C@@H]2CCCN2C(=O)CC2CC2)ccn1. The van der Waals surface area contributed by atoms with E-state index in [1.807, 2.05) is 13.1 Å². The summed E-state index contributed by atoms with van der Waals surface area (Å²) in [5.74, 6) is 1.10. The van der Waals surface area contributed by atoms with Crippen LogP contribution in [0.1, 0.15) is 49.8 Å². The lowest BCUT2D eigenvalue weighted by atomic mass is 10.0. The van der Waals surface area contributed by atoms with Crippen molar-refractivity contribution < 1.29 is 4.79 Å². The molecule has 1 saturated heterocycles. The van der Waals surface area contributed by atoms with Crippen LogP contribution in [0.2, 0.25) is 0 Å². The molecule has 0 N–H and O–H groups in total. The van der Waals surface area contributed by atoms with E-state index in [0.29, 0.717) is 17.9 Å². The number of pyridine rings is 1. The maximum Gasteiger partial charge on any atom is 0.223 e. The van der Waals surface area contributed by atoms with Gasteiger partial charge in [-0.15, -0.1) is 0 Å². The average Bonchev–Trinajstić information content (AvgIpc) is 3.11. The van der Waals surface area contributed by atoms with Gasteiger partial charge in [-0.1, -0.05) is 0 Å². The predicted molar refractivity (Wildman–Crippen MR) is 79.4 cm³/mol. The molecule has 0 spiro atoms. The zero-order chi connectivity index (χ0) is 13.9. The highest BCUT2D eigenvalue weighted by Crippen LogP contribution is 2.34. The lowest BCUT2D eigenvalue weighted by Gasteiger charge is -2.25. The second kappa shape index (κ2) is 5.94. The minimum atomic E-state index is 0.404. The standard InChI is InChI=1S/C17H24N2O/c1-13-11-15(8-9-18-13)6-7-16-3-2-10-19(16)17(20)12-14-4-5-14/h8-9,11,14,16H,2-7,10,12H2,1H3/t16-/m0/s1. The smallest absolute Gasteiger partial charge is 0.223 e. The summed E-state index contributed by atoms with van der Waals surface area (Å²) in [6.07, 6.45) is 9.72. The van der Waals surface area contributed by atoms with Gasteiger partial charge in [0.2, 0.25) is 5.91 Å². The van der Waals surface area contributed by atoms with Gasteiger partial charge in [-0.2, -0.15) is 0 Å². The molecule has 1 aromatic rings. The molecule has 0 aromatic carbocycles. The Morgan fingerprint density at radius 1 is 1.40 bits per heavy atom. The minimum Gasteiger partial charge on any atom is -0.340 e. The largest absolute Gasteiger partial charge is 0.340 e. The van der Waals surface area contributed by atoms with Crippen LogP contribution < -0.4 is 0 Å². The molecule has 0 radical (unpaired) electrons. The summed E-state index contributed by atoms with van der Waals surface area (Å²) in [7, 11) is 0. The van der Waals surface area contributed by atoms with E-state index >= 15 is 0 Å². The van der Waals surface area contributed by atoms with E-state index in [2.05, 4.69) is 22.0 Å². The fourth-order valence-corrected chi connectivity index (χ4v) is 3.24. The van der Waals surface area contributed by atoms with Crippen molar-refractivity contribution in [2.45, 2.75) is 57.9 Å². The molecule has 2 aliphatic rings. The molecule has 1 saturated carbocycles. The Kier molecular flexibility index (Phi) is 4.04. The summed E-state index contributed by atoms with van der Waals surface area (Å²) in [6.45, 7) is 3.01. The Bertz CT molecular complexity index is 482. The van der Waals surface area contributed by atoms with Crippen LogP contribution in [0.5, 0.6) is 0 Å². The number of hydrogen-bond donors (Lipinski definition) is 0. The number of amides is 1. The molecule has 108 valence electrons. The van der Waals surface area contributed by atoms with Gasteiger partial charge in [-0.3, -0.25) is 9.78 Å². The Labute approximate surface area is 121 Å². The van der Waals surface area contributed by atoms with Crippen LogP contribution in [0.25, 0.3) is 0 Å². The first-order chi connectivity index (χ1) is 9.72. The van der Waals surface area contributed by atoms with E-state index in [-0.39, 0.29) is 0 Å². The third-order valence-corrected chi connectivity index (χ3v) is 4.59. The highest BCUT2D eigenvalue weighted by atomic mass is 16.2. The molecular formula is C17H24N2O. The van der Waals surface area contributed by atoms with Crippen LogP contribution in [0, 0.1) is 12.8 Å². The van der Waals surface area contributed by atoms with Crippen molar-refractivity contribution in [1.82, 2.24) is 9.88 Å². The van der Waals surface area contributed by atoms with E-state index in [4.69, 9.17) is 0 Å². The second-order valence-corrected chi connectivity index (χ2v) is 6.37. The summed E-state index contributed by atoms with van der Waals surface area (Å²) >= 11 is 0. The van der Waals surface area contributed by atoms with E-state index in [1.165, 1.54) is 31.2 Å². The van der Waals surface area contributed by atoms with Crippen LogP contribution >= 0.6 is 0 Å². The number of carbonyl (C=O) groups excluding carboxylic acids is 1. The Morgan fingerprint density at radius 3 is 3.00 bits per heavy atom. The number of aryl methyl sites for hydroxylation is 2. The molecule has 2 fully saturated rings. The maximum absolute atomic E-state index is 12.3. The molecular weight excluding hydrogens is 248 g/mol. The highest BCUT2D eigenvalue weighted by molar-refractivity contribution is 5.77. The Morgan fingerprint density at radius 2 is 2.25 bits per heavy atom. The number of carbonyl (C=O) groups is 1. The molecule has 3 heteroatoms. The van der Waals surface area contributed by atoms with E-state index in [1.54, 1.807) is 0 Å². The molecule has 1 aromatic heterocycles. The highest BCUT2D eigenvalue weighted by Gasteiger charge is 2.32. The van der Waals surface area contributed by atoms with Gasteiger partial charge in [0.1, 0.15) is 0 Å². The van der Waals surface area contributed by atoms with Gasteiger partial charge < -0.3 is 4.90 Å². The van der Waals surface area contributed by atoms with Gasteiger partial charge in [-0.25, -0.2) is 0 Å². The zero-order valence-corrected chi connectivity index (χ0v) is 12.3. The molecule has 1 aliphatic carbocycles. The predicted octanol–water partition coefficient (Wildman–Crippen LogP) is 3.11. The molecule has 1 amide bonds. The molecule has 0 unspecified atom stereocenters. The van der Waals surface area contributed by atoms with Crippen molar-refractivity contribution in [3.8, 4) is 0 Å². The van der Waals surface area contributed by atoms with Gasteiger partial charge in [0.25, 0.3) is 0 Å². The summed E-state index contributed by atoms with van der Waals surface area (Å²) < 4.78 is 0. The van der Waals surface area contributed by atoms with Gasteiger partial charge in [0.05, 0.1) is 0 Å². The van der Waals surface area contributed by atoms with E-state index in [0.717, 1.165) is 31.5 Å². The first kappa shape index (κ1) is 13.6. The van der Waals surface area contributed by atoms with E-state index < -0.39 is 0 Å². The first-order valence-electron chi connectivity index (χ1n) is 7.93. The second-order valence-electron chi connectivity index (χ2n) is 6.37.